The average Bonchev–Trinajstić information content (AvgIpc) is 3.25. The van der Waals surface area contributed by atoms with Gasteiger partial charge in [0.05, 0.1) is 18.9 Å². The van der Waals surface area contributed by atoms with Crippen LogP contribution in [0.3, 0.4) is 0 Å². The molecule has 0 saturated heterocycles. The van der Waals surface area contributed by atoms with Crippen molar-refractivity contribution in [1.82, 2.24) is 5.32 Å². The normalized spacial score (nSPS) is 12.1. The third-order valence-corrected chi connectivity index (χ3v) is 6.16. The van der Waals surface area contributed by atoms with Crippen molar-refractivity contribution in [3.8, 4) is 0 Å². The zero-order valence-corrected chi connectivity index (χ0v) is 20.6. The molecule has 0 bridgehead atoms. The van der Waals surface area contributed by atoms with E-state index < -0.39 is 34.9 Å². The van der Waals surface area contributed by atoms with Crippen molar-refractivity contribution in [2.24, 2.45) is 0 Å². The van der Waals surface area contributed by atoms with Crippen LogP contribution in [-0.2, 0) is 30.0 Å². The Morgan fingerprint density at radius 2 is 1.85 bits per heavy atom. The third-order valence-electron chi connectivity index (χ3n) is 4.04. The van der Waals surface area contributed by atoms with E-state index in [0.717, 1.165) is 18.4 Å². The van der Waals surface area contributed by atoms with Crippen LogP contribution in [0.15, 0.2) is 40.6 Å². The fraction of sp³-hybridized carbons (Fsp3) is 0.381. The smallest absolute Gasteiger partial charge is 0.328 e. The molecule has 1 aromatic heterocycles. The molecule has 1 aromatic carbocycles. The van der Waals surface area contributed by atoms with E-state index in [-0.39, 0.29) is 23.8 Å². The number of carbonyl (C=O) groups is 3. The molecular weight excluding hydrogens is 470 g/mol. The van der Waals surface area contributed by atoms with E-state index in [9.17, 15) is 18.6 Å². The van der Waals surface area contributed by atoms with Crippen LogP contribution in [0.25, 0.3) is 0 Å². The number of amides is 1. The van der Waals surface area contributed by atoms with Crippen LogP contribution in [0.2, 0.25) is 0 Å². The summed E-state index contributed by atoms with van der Waals surface area (Å²) < 4.78 is 25.3. The first kappa shape index (κ1) is 28.2. The molecule has 6 N–H and O–H groups in total. The monoisotopic (exact) mass is 500 g/mol. The second kappa shape index (κ2) is 14.4. The van der Waals surface area contributed by atoms with Crippen LogP contribution in [0, 0.1) is 0 Å². The van der Waals surface area contributed by atoms with Crippen LogP contribution in [0.5, 0.6) is 0 Å². The van der Waals surface area contributed by atoms with E-state index >= 15 is 0 Å². The predicted octanol–water partition coefficient (Wildman–Crippen LogP) is 1.37. The highest BCUT2D eigenvalue weighted by Crippen LogP contribution is 2.25. The molecule has 2 atom stereocenters. The second-order valence-corrected chi connectivity index (χ2v) is 8.87. The van der Waals surface area contributed by atoms with Gasteiger partial charge in [0.1, 0.15) is 21.5 Å². The van der Waals surface area contributed by atoms with E-state index in [1.807, 2.05) is 0 Å². The summed E-state index contributed by atoms with van der Waals surface area (Å²) in [6.07, 6.45) is -0.306. The largest absolute Gasteiger partial charge is 0.467 e. The number of carbonyl (C=O) groups excluding carboxylic acids is 3. The summed E-state index contributed by atoms with van der Waals surface area (Å²) in [4.78, 5) is 37.4. The third kappa shape index (κ3) is 8.92. The number of esters is 2. The highest BCUT2D eigenvalue weighted by Gasteiger charge is 2.26. The minimum Gasteiger partial charge on any atom is -0.467 e. The Balaban J connectivity index is 0.00000265. The number of aliphatic hydroxyl groups is 1. The summed E-state index contributed by atoms with van der Waals surface area (Å²) in [5.41, 5.74) is 4.81. The molecule has 0 spiro atoms. The van der Waals surface area contributed by atoms with Crippen LogP contribution in [-0.4, -0.2) is 53.5 Å². The van der Waals surface area contributed by atoms with Gasteiger partial charge in [0.25, 0.3) is 5.91 Å². The maximum absolute atomic E-state index is 12.8. The van der Waals surface area contributed by atoms with Crippen molar-refractivity contribution in [2.75, 3.05) is 18.9 Å². The topological polar surface area (TPSA) is 159 Å². The number of hydrogen-bond donors (Lipinski definition) is 4. The molecular formula is C21H30N3O7S2+. The molecule has 0 saturated carbocycles. The van der Waals surface area contributed by atoms with Crippen molar-refractivity contribution in [1.29, 1.82) is 0 Å². The molecule has 1 amide bonds. The lowest BCUT2D eigenvalue weighted by atomic mass is 10.1. The number of anilines is 1. The molecule has 33 heavy (non-hydrogen) atoms. The number of methoxy groups -OCH3 is 1. The molecule has 1 heterocycles. The number of nitrogens with one attached hydrogen (secondary N) is 2. The predicted molar refractivity (Wildman–Crippen MR) is 125 cm³/mol. The number of hydrogen-bond acceptors (Lipinski definition) is 8. The van der Waals surface area contributed by atoms with Crippen molar-refractivity contribution in [3.63, 3.8) is 0 Å². The number of aliphatic hydroxyl groups excluding tert-OH is 1. The lowest BCUT2D eigenvalue weighted by Gasteiger charge is -2.17. The summed E-state index contributed by atoms with van der Waals surface area (Å²) in [5, 5.41) is 11.2. The second-order valence-electron chi connectivity index (χ2n) is 6.77. The summed E-state index contributed by atoms with van der Waals surface area (Å²) >= 11 is 1.12. The molecule has 1 unspecified atom stereocenters. The Kier molecular flexibility index (Phi) is 12.3. The number of quaternary nitrogens is 1. The van der Waals surface area contributed by atoms with Crippen LogP contribution >= 0.6 is 11.3 Å². The molecule has 2 aromatic rings. The van der Waals surface area contributed by atoms with Crippen molar-refractivity contribution < 1.29 is 38.9 Å². The first-order valence-corrected chi connectivity index (χ1v) is 12.0. The van der Waals surface area contributed by atoms with Crippen LogP contribution in [0.1, 0.15) is 36.4 Å². The summed E-state index contributed by atoms with van der Waals surface area (Å²) in [5.74, 6) is -1.70. The number of rotatable bonds is 10. The van der Waals surface area contributed by atoms with Gasteiger partial charge in [-0.15, -0.1) is 11.3 Å². The van der Waals surface area contributed by atoms with Gasteiger partial charge in [-0.3, -0.25) is 14.3 Å². The van der Waals surface area contributed by atoms with Gasteiger partial charge in [0.15, 0.2) is 11.0 Å². The van der Waals surface area contributed by atoms with Gasteiger partial charge in [0, 0.05) is 19.6 Å². The molecule has 12 heteroatoms. The van der Waals surface area contributed by atoms with Gasteiger partial charge in [-0.1, -0.05) is 12.1 Å². The van der Waals surface area contributed by atoms with Crippen molar-refractivity contribution in [3.05, 3.63) is 40.6 Å². The number of ether oxygens (including phenoxy) is 2. The lowest BCUT2D eigenvalue weighted by molar-refractivity contribution is -0.258. The van der Waals surface area contributed by atoms with E-state index in [4.69, 9.17) is 14.6 Å². The summed E-state index contributed by atoms with van der Waals surface area (Å²) in [6, 6.07) is 7.55. The Morgan fingerprint density at radius 1 is 1.18 bits per heavy atom. The van der Waals surface area contributed by atoms with Gasteiger partial charge < -0.3 is 25.6 Å². The van der Waals surface area contributed by atoms with Gasteiger partial charge in [-0.2, -0.15) is 0 Å². The Morgan fingerprint density at radius 3 is 2.45 bits per heavy atom. The molecule has 0 aliphatic carbocycles. The Bertz CT molecular complexity index is 963. The first-order chi connectivity index (χ1) is 15.7. The zero-order valence-electron chi connectivity index (χ0n) is 19.0. The Labute approximate surface area is 199 Å². The van der Waals surface area contributed by atoms with E-state index in [2.05, 4.69) is 15.8 Å². The van der Waals surface area contributed by atoms with E-state index in [1.165, 1.54) is 7.11 Å². The SMILES string of the molecule is CO.COC(=O)[C@H](CCC(=O)OC(C)C)NC(=O)c1sccc1NS(=O)c1ccccc1[NH3+]. The molecule has 0 radical (unpaired) electrons. The maximum Gasteiger partial charge on any atom is 0.328 e. The highest BCUT2D eigenvalue weighted by atomic mass is 32.2. The molecule has 2 rings (SSSR count). The lowest BCUT2D eigenvalue weighted by Crippen LogP contribution is -2.42. The minimum absolute atomic E-state index is 0.0267. The maximum atomic E-state index is 12.8. The number of benzene rings is 1. The average molecular weight is 501 g/mol. The van der Waals surface area contributed by atoms with Gasteiger partial charge in [-0.25, -0.2) is 9.00 Å². The van der Waals surface area contributed by atoms with Crippen LogP contribution < -0.4 is 15.8 Å². The van der Waals surface area contributed by atoms with E-state index in [1.54, 1.807) is 49.6 Å². The fourth-order valence-electron chi connectivity index (χ4n) is 2.60. The zero-order chi connectivity index (χ0) is 25.0. The van der Waals surface area contributed by atoms with Gasteiger partial charge in [0.2, 0.25) is 0 Å². The summed E-state index contributed by atoms with van der Waals surface area (Å²) in [7, 11) is 0.572. The van der Waals surface area contributed by atoms with Gasteiger partial charge >= 0.3 is 11.9 Å². The molecule has 0 aliphatic rings. The molecule has 182 valence electrons. The van der Waals surface area contributed by atoms with E-state index in [0.29, 0.717) is 16.3 Å². The number of thiophene rings is 1. The van der Waals surface area contributed by atoms with Crippen molar-refractivity contribution >= 4 is 51.5 Å². The highest BCUT2D eigenvalue weighted by molar-refractivity contribution is 7.86. The Hall–Kier alpha value is -2.80. The summed E-state index contributed by atoms with van der Waals surface area (Å²) in [6.45, 7) is 3.44. The minimum atomic E-state index is -1.63. The fourth-order valence-corrected chi connectivity index (χ4v) is 4.41. The van der Waals surface area contributed by atoms with Gasteiger partial charge in [-0.05, 0) is 37.8 Å². The standard InChI is InChI=1S/C20H25N3O6S2.CH4O/c1-12(2)29-17(24)9-8-15(20(26)28-3)22-19(25)18-14(10-11-30-18)23-31(27)16-7-5-4-6-13(16)21;1-2/h4-7,10-12,15,23H,8-9,21H2,1-3H3,(H,22,25);2H,1H3/p+1/t15-,31?;/m0./s1. The molecule has 0 fully saturated rings. The van der Waals surface area contributed by atoms with Crippen LogP contribution in [0.4, 0.5) is 11.4 Å². The molecule has 0 aliphatic heterocycles. The van der Waals surface area contributed by atoms with Crippen molar-refractivity contribution in [2.45, 2.75) is 43.7 Å². The quantitative estimate of drug-likeness (QED) is 0.359. The first-order valence-electron chi connectivity index (χ1n) is 9.92. The molecule has 10 nitrogen and oxygen atoms in total.